The molecule has 0 aliphatic carbocycles. The zero-order chi connectivity index (χ0) is 12.8. The van der Waals surface area contributed by atoms with E-state index in [0.717, 1.165) is 5.32 Å². The Hall–Kier alpha value is -1.57. The number of hydrogen-bond acceptors (Lipinski definition) is 2. The first-order valence-electron chi connectivity index (χ1n) is 5.69. The molecular weight excluding hydrogens is 291 g/mol. The van der Waals surface area contributed by atoms with E-state index < -0.39 is 0 Å². The molecule has 0 spiro atoms. The quantitative estimate of drug-likeness (QED) is 0.491. The van der Waals surface area contributed by atoms with Gasteiger partial charge in [-0.1, -0.05) is 0 Å². The Kier molecular flexibility index (Phi) is 4.57. The van der Waals surface area contributed by atoms with Gasteiger partial charge in [0.15, 0.2) is 0 Å². The second kappa shape index (κ2) is 6.39. The molecule has 92 valence electrons. The van der Waals surface area contributed by atoms with Crippen LogP contribution < -0.4 is 9.20 Å². The molecule has 2 aromatic carbocycles. The number of carbonyl (C=O) groups is 1. The predicted octanol–water partition coefficient (Wildman–Crippen LogP) is 2.14. The number of esters is 1. The van der Waals surface area contributed by atoms with Crippen LogP contribution in [-0.2, 0) is 10.1 Å². The number of benzene rings is 2. The van der Waals surface area contributed by atoms with E-state index in [1.165, 1.54) is 16.9 Å². The molecule has 0 saturated heterocycles. The van der Waals surface area contributed by atoms with Crippen LogP contribution >= 0.6 is 0 Å². The summed E-state index contributed by atoms with van der Waals surface area (Å²) in [6.07, 6.45) is 0. The second-order valence-corrected chi connectivity index (χ2v) is 6.04. The molecule has 2 rings (SSSR count). The third-order valence-corrected chi connectivity index (χ3v) is 4.61. The van der Waals surface area contributed by atoms with Crippen LogP contribution in [-0.4, -0.2) is 20.9 Å². The summed E-state index contributed by atoms with van der Waals surface area (Å²) >= 11 is 0.449. The molecule has 0 aromatic heterocycles. The van der Waals surface area contributed by atoms with Crippen molar-refractivity contribution in [3.8, 4) is 5.75 Å². The topological polar surface area (TPSA) is 26.3 Å². The zero-order valence-electron chi connectivity index (χ0n) is 10.1. The van der Waals surface area contributed by atoms with E-state index in [2.05, 4.69) is 24.3 Å². The van der Waals surface area contributed by atoms with Crippen molar-refractivity contribution < 1.29 is 9.53 Å². The van der Waals surface area contributed by atoms with Crippen molar-refractivity contribution in [3.05, 3.63) is 60.2 Å². The molecule has 0 fully saturated rings. The molecule has 0 atom stereocenters. The van der Waals surface area contributed by atoms with Crippen LogP contribution in [0, 0.1) is 0 Å². The third kappa shape index (κ3) is 4.02. The van der Waals surface area contributed by atoms with E-state index in [9.17, 15) is 4.79 Å². The Morgan fingerprint density at radius 2 is 1.72 bits per heavy atom. The van der Waals surface area contributed by atoms with Gasteiger partial charge in [0, 0.05) is 0 Å². The Bertz CT molecular complexity index is 506. The van der Waals surface area contributed by atoms with Crippen LogP contribution in [0.5, 0.6) is 5.75 Å². The Morgan fingerprint density at radius 3 is 2.33 bits per heavy atom. The number of ether oxygens (including phenoxy) is 1. The van der Waals surface area contributed by atoms with Gasteiger partial charge in [0.05, 0.1) is 0 Å². The SMILES string of the molecule is CC(=O)Oc1ccc(C[Se]c2ccccc2)cc1. The van der Waals surface area contributed by atoms with Crippen molar-refractivity contribution in [2.24, 2.45) is 0 Å². The fourth-order valence-electron chi connectivity index (χ4n) is 1.50. The van der Waals surface area contributed by atoms with Gasteiger partial charge in [-0.25, -0.2) is 0 Å². The van der Waals surface area contributed by atoms with Gasteiger partial charge >= 0.3 is 113 Å². The van der Waals surface area contributed by atoms with Gasteiger partial charge in [0.1, 0.15) is 0 Å². The maximum atomic E-state index is 10.8. The molecule has 18 heavy (non-hydrogen) atoms. The molecule has 0 aliphatic rings. The summed E-state index contributed by atoms with van der Waals surface area (Å²) in [6, 6.07) is 18.2. The summed E-state index contributed by atoms with van der Waals surface area (Å²) in [7, 11) is 0. The van der Waals surface area contributed by atoms with Gasteiger partial charge in [-0.2, -0.15) is 0 Å². The van der Waals surface area contributed by atoms with Gasteiger partial charge in [-0.15, -0.1) is 0 Å². The molecular formula is C15H14O2Se. The summed E-state index contributed by atoms with van der Waals surface area (Å²) < 4.78 is 6.40. The molecule has 0 aliphatic heterocycles. The molecule has 0 N–H and O–H groups in total. The van der Waals surface area contributed by atoms with Gasteiger partial charge in [0.2, 0.25) is 0 Å². The summed E-state index contributed by atoms with van der Waals surface area (Å²) in [5, 5.41) is 1.05. The molecule has 0 bridgehead atoms. The van der Waals surface area contributed by atoms with Crippen molar-refractivity contribution in [1.82, 2.24) is 0 Å². The summed E-state index contributed by atoms with van der Waals surface area (Å²) in [5.74, 6) is 0.328. The van der Waals surface area contributed by atoms with E-state index in [-0.39, 0.29) is 5.97 Å². The molecule has 0 heterocycles. The molecule has 3 heteroatoms. The molecule has 0 radical (unpaired) electrons. The van der Waals surface area contributed by atoms with Crippen LogP contribution in [0.3, 0.4) is 0 Å². The molecule has 2 nitrogen and oxygen atoms in total. The van der Waals surface area contributed by atoms with Gasteiger partial charge in [-0.05, 0) is 0 Å². The van der Waals surface area contributed by atoms with E-state index in [1.807, 2.05) is 30.3 Å². The minimum absolute atomic E-state index is 0.281. The Labute approximate surface area is 113 Å². The fraction of sp³-hybridized carbons (Fsp3) is 0.133. The van der Waals surface area contributed by atoms with Crippen LogP contribution in [0.15, 0.2) is 54.6 Å². The van der Waals surface area contributed by atoms with Crippen molar-refractivity contribution in [3.63, 3.8) is 0 Å². The van der Waals surface area contributed by atoms with Crippen LogP contribution in [0.25, 0.3) is 0 Å². The monoisotopic (exact) mass is 306 g/mol. The first kappa shape index (κ1) is 12.9. The third-order valence-electron chi connectivity index (χ3n) is 2.33. The zero-order valence-corrected chi connectivity index (χ0v) is 11.8. The normalized spacial score (nSPS) is 10.1. The van der Waals surface area contributed by atoms with Crippen molar-refractivity contribution in [1.29, 1.82) is 0 Å². The average Bonchev–Trinajstić information content (AvgIpc) is 2.38. The van der Waals surface area contributed by atoms with Gasteiger partial charge in [-0.3, -0.25) is 0 Å². The van der Waals surface area contributed by atoms with Crippen molar-refractivity contribution in [2.45, 2.75) is 12.2 Å². The first-order chi connectivity index (χ1) is 8.74. The van der Waals surface area contributed by atoms with E-state index in [4.69, 9.17) is 4.74 Å². The molecule has 2 aromatic rings. The molecule has 0 amide bonds. The van der Waals surface area contributed by atoms with Gasteiger partial charge in [0.25, 0.3) is 0 Å². The van der Waals surface area contributed by atoms with Crippen LogP contribution in [0.4, 0.5) is 0 Å². The number of hydrogen-bond donors (Lipinski definition) is 0. The van der Waals surface area contributed by atoms with Crippen molar-refractivity contribution >= 4 is 25.4 Å². The Balaban J connectivity index is 1.92. The van der Waals surface area contributed by atoms with E-state index in [0.29, 0.717) is 20.7 Å². The fourth-order valence-corrected chi connectivity index (χ4v) is 3.34. The van der Waals surface area contributed by atoms with Gasteiger partial charge < -0.3 is 0 Å². The molecule has 0 saturated carbocycles. The van der Waals surface area contributed by atoms with E-state index in [1.54, 1.807) is 0 Å². The Morgan fingerprint density at radius 1 is 1.06 bits per heavy atom. The summed E-state index contributed by atoms with van der Waals surface area (Å²) in [4.78, 5) is 10.8. The minimum atomic E-state index is -0.281. The second-order valence-electron chi connectivity index (χ2n) is 3.84. The average molecular weight is 305 g/mol. The predicted molar refractivity (Wildman–Crippen MR) is 73.3 cm³/mol. The van der Waals surface area contributed by atoms with E-state index >= 15 is 0 Å². The number of rotatable bonds is 4. The summed E-state index contributed by atoms with van der Waals surface area (Å²) in [6.45, 7) is 1.41. The summed E-state index contributed by atoms with van der Waals surface area (Å²) in [5.41, 5.74) is 1.27. The molecule has 0 unspecified atom stereocenters. The first-order valence-corrected chi connectivity index (χ1v) is 7.76. The van der Waals surface area contributed by atoms with Crippen LogP contribution in [0.2, 0.25) is 0 Å². The maximum absolute atomic E-state index is 10.8. The number of carbonyl (C=O) groups excluding carboxylic acids is 1. The van der Waals surface area contributed by atoms with Crippen molar-refractivity contribution in [2.75, 3.05) is 0 Å². The standard InChI is InChI=1S/C15H14O2Se/c1-12(16)17-14-9-7-13(8-10-14)11-18-15-5-3-2-4-6-15/h2-10H,11H2,1H3. The van der Waals surface area contributed by atoms with Crippen LogP contribution in [0.1, 0.15) is 12.5 Å².